The monoisotopic (exact) mass is 286 g/mol. The van der Waals surface area contributed by atoms with Gasteiger partial charge in [-0.3, -0.25) is 0 Å². The lowest BCUT2D eigenvalue weighted by molar-refractivity contribution is 0.225. The SMILES string of the molecule is CN(C)CC(C)(C)CNC1CCc2sc(Cl)cc21. The summed E-state index contributed by atoms with van der Waals surface area (Å²) in [6, 6.07) is 2.65. The molecule has 0 saturated carbocycles. The van der Waals surface area contributed by atoms with Crippen LogP contribution in [0, 0.1) is 5.41 Å². The summed E-state index contributed by atoms with van der Waals surface area (Å²) in [5.74, 6) is 0. The molecule has 0 radical (unpaired) electrons. The second-order valence-electron chi connectivity index (χ2n) is 6.30. The largest absolute Gasteiger partial charge is 0.309 e. The average Bonchev–Trinajstić information content (AvgIpc) is 2.72. The molecule has 2 nitrogen and oxygen atoms in total. The first kappa shape index (κ1) is 14.3. The van der Waals surface area contributed by atoms with E-state index in [4.69, 9.17) is 11.6 Å². The average molecular weight is 287 g/mol. The molecule has 1 unspecified atom stereocenters. The molecule has 0 bridgehead atoms. The Morgan fingerprint density at radius 3 is 2.89 bits per heavy atom. The van der Waals surface area contributed by atoms with E-state index in [9.17, 15) is 0 Å². The van der Waals surface area contributed by atoms with Crippen molar-refractivity contribution in [2.45, 2.75) is 32.7 Å². The van der Waals surface area contributed by atoms with Crippen LogP contribution in [0.25, 0.3) is 0 Å². The van der Waals surface area contributed by atoms with Gasteiger partial charge in [0.2, 0.25) is 0 Å². The summed E-state index contributed by atoms with van der Waals surface area (Å²) in [5.41, 5.74) is 1.73. The van der Waals surface area contributed by atoms with Crippen molar-refractivity contribution in [3.63, 3.8) is 0 Å². The maximum atomic E-state index is 6.09. The maximum Gasteiger partial charge on any atom is 0.0934 e. The maximum absolute atomic E-state index is 6.09. The van der Waals surface area contributed by atoms with Crippen molar-refractivity contribution in [3.05, 3.63) is 20.8 Å². The van der Waals surface area contributed by atoms with E-state index in [1.54, 1.807) is 11.3 Å². The van der Waals surface area contributed by atoms with Crippen molar-refractivity contribution in [1.29, 1.82) is 0 Å². The van der Waals surface area contributed by atoms with E-state index in [0.29, 0.717) is 11.5 Å². The molecule has 1 heterocycles. The zero-order valence-electron chi connectivity index (χ0n) is 11.7. The Bertz CT molecular complexity index is 412. The lowest BCUT2D eigenvalue weighted by Crippen LogP contribution is -2.38. The third-order valence-corrected chi connectivity index (χ3v) is 4.76. The molecule has 2 rings (SSSR count). The van der Waals surface area contributed by atoms with Crippen LogP contribution in [0.3, 0.4) is 0 Å². The topological polar surface area (TPSA) is 15.3 Å². The Morgan fingerprint density at radius 1 is 1.50 bits per heavy atom. The lowest BCUT2D eigenvalue weighted by Gasteiger charge is -2.30. The van der Waals surface area contributed by atoms with Crippen molar-refractivity contribution in [2.75, 3.05) is 27.2 Å². The fourth-order valence-electron chi connectivity index (χ4n) is 2.85. The Morgan fingerprint density at radius 2 is 2.22 bits per heavy atom. The number of halogens is 1. The van der Waals surface area contributed by atoms with E-state index in [1.165, 1.54) is 23.3 Å². The fourth-order valence-corrected chi connectivity index (χ4v) is 4.21. The van der Waals surface area contributed by atoms with E-state index in [2.05, 4.69) is 44.2 Å². The Kier molecular flexibility index (Phi) is 4.37. The zero-order chi connectivity index (χ0) is 13.3. The van der Waals surface area contributed by atoms with Gasteiger partial charge < -0.3 is 10.2 Å². The number of thiophene rings is 1. The minimum absolute atomic E-state index is 0.298. The standard InChI is InChI=1S/C14H23ClN2S/c1-14(2,9-17(3)4)8-16-11-5-6-12-10(11)7-13(15)18-12/h7,11,16H,5-6,8-9H2,1-4H3. The highest BCUT2D eigenvalue weighted by Gasteiger charge is 2.27. The summed E-state index contributed by atoms with van der Waals surface area (Å²) in [7, 11) is 4.27. The van der Waals surface area contributed by atoms with Crippen LogP contribution in [0.4, 0.5) is 0 Å². The van der Waals surface area contributed by atoms with Gasteiger partial charge in [-0.05, 0) is 44.0 Å². The van der Waals surface area contributed by atoms with Gasteiger partial charge in [0, 0.05) is 24.0 Å². The first-order chi connectivity index (χ1) is 8.37. The Balaban J connectivity index is 1.92. The van der Waals surface area contributed by atoms with Gasteiger partial charge in [0.1, 0.15) is 0 Å². The molecule has 1 aromatic heterocycles. The molecular formula is C14H23ClN2S. The third-order valence-electron chi connectivity index (χ3n) is 3.42. The summed E-state index contributed by atoms with van der Waals surface area (Å²) < 4.78 is 0.930. The normalized spacial score (nSPS) is 19.6. The summed E-state index contributed by atoms with van der Waals surface area (Å²) in [6.45, 7) is 6.78. The summed E-state index contributed by atoms with van der Waals surface area (Å²) in [4.78, 5) is 3.73. The van der Waals surface area contributed by atoms with Gasteiger partial charge in [-0.1, -0.05) is 25.4 Å². The van der Waals surface area contributed by atoms with E-state index in [0.717, 1.165) is 17.4 Å². The van der Waals surface area contributed by atoms with Gasteiger partial charge in [0.15, 0.2) is 0 Å². The van der Waals surface area contributed by atoms with Crippen LogP contribution in [0.2, 0.25) is 4.34 Å². The van der Waals surface area contributed by atoms with Gasteiger partial charge >= 0.3 is 0 Å². The number of hydrogen-bond donors (Lipinski definition) is 1. The molecule has 0 saturated heterocycles. The minimum atomic E-state index is 0.298. The number of nitrogens with one attached hydrogen (secondary N) is 1. The first-order valence-electron chi connectivity index (χ1n) is 6.54. The smallest absolute Gasteiger partial charge is 0.0934 e. The van der Waals surface area contributed by atoms with Crippen LogP contribution >= 0.6 is 22.9 Å². The molecule has 4 heteroatoms. The number of fused-ring (bicyclic) bond motifs is 1. The molecule has 1 aliphatic rings. The molecule has 1 aromatic rings. The number of rotatable bonds is 5. The predicted molar refractivity (Wildman–Crippen MR) is 80.7 cm³/mol. The number of nitrogens with zero attached hydrogens (tertiary/aromatic N) is 1. The first-order valence-corrected chi connectivity index (χ1v) is 7.73. The summed E-state index contributed by atoms with van der Waals surface area (Å²) in [5, 5.41) is 3.72. The van der Waals surface area contributed by atoms with Crippen molar-refractivity contribution in [1.82, 2.24) is 10.2 Å². The molecule has 0 aromatic carbocycles. The predicted octanol–water partition coefficient (Wildman–Crippen LogP) is 3.57. The van der Waals surface area contributed by atoms with E-state index in [1.807, 2.05) is 0 Å². The van der Waals surface area contributed by atoms with Crippen LogP contribution in [0.15, 0.2) is 6.07 Å². The van der Waals surface area contributed by atoms with Gasteiger partial charge in [0.25, 0.3) is 0 Å². The summed E-state index contributed by atoms with van der Waals surface area (Å²) >= 11 is 7.83. The molecule has 1 N–H and O–H groups in total. The van der Waals surface area contributed by atoms with Crippen LogP contribution in [0.1, 0.15) is 36.8 Å². The molecule has 0 aliphatic heterocycles. The quantitative estimate of drug-likeness (QED) is 0.890. The number of hydrogen-bond acceptors (Lipinski definition) is 3. The van der Waals surface area contributed by atoms with Crippen molar-refractivity contribution < 1.29 is 0 Å². The molecule has 18 heavy (non-hydrogen) atoms. The van der Waals surface area contributed by atoms with Crippen LogP contribution in [-0.2, 0) is 6.42 Å². The van der Waals surface area contributed by atoms with Crippen LogP contribution < -0.4 is 5.32 Å². The molecule has 1 atom stereocenters. The second kappa shape index (κ2) is 5.49. The Hall–Kier alpha value is -0.0900. The summed E-state index contributed by atoms with van der Waals surface area (Å²) in [6.07, 6.45) is 2.40. The highest BCUT2D eigenvalue weighted by atomic mass is 35.5. The molecule has 0 amide bonds. The van der Waals surface area contributed by atoms with Crippen molar-refractivity contribution in [3.8, 4) is 0 Å². The molecule has 1 aliphatic carbocycles. The zero-order valence-corrected chi connectivity index (χ0v) is 13.3. The van der Waals surface area contributed by atoms with E-state index < -0.39 is 0 Å². The molecule has 0 spiro atoms. The van der Waals surface area contributed by atoms with Gasteiger partial charge in [-0.25, -0.2) is 0 Å². The second-order valence-corrected chi connectivity index (χ2v) is 8.07. The van der Waals surface area contributed by atoms with E-state index >= 15 is 0 Å². The van der Waals surface area contributed by atoms with Crippen LogP contribution in [0.5, 0.6) is 0 Å². The highest BCUT2D eigenvalue weighted by Crippen LogP contribution is 2.39. The van der Waals surface area contributed by atoms with Gasteiger partial charge in [-0.15, -0.1) is 11.3 Å². The number of aryl methyl sites for hydroxylation is 1. The van der Waals surface area contributed by atoms with E-state index in [-0.39, 0.29) is 0 Å². The van der Waals surface area contributed by atoms with Crippen molar-refractivity contribution >= 4 is 22.9 Å². The van der Waals surface area contributed by atoms with Crippen molar-refractivity contribution in [2.24, 2.45) is 5.41 Å². The van der Waals surface area contributed by atoms with Gasteiger partial charge in [-0.2, -0.15) is 0 Å². The van der Waals surface area contributed by atoms with Gasteiger partial charge in [0.05, 0.1) is 4.34 Å². The fraction of sp³-hybridized carbons (Fsp3) is 0.714. The molecule has 0 fully saturated rings. The molecular weight excluding hydrogens is 264 g/mol. The minimum Gasteiger partial charge on any atom is -0.309 e. The van der Waals surface area contributed by atoms with Crippen LogP contribution in [-0.4, -0.2) is 32.1 Å². The molecule has 102 valence electrons. The lowest BCUT2D eigenvalue weighted by atomic mass is 9.92. The Labute approximate surface area is 119 Å². The third kappa shape index (κ3) is 3.47. The highest BCUT2D eigenvalue weighted by molar-refractivity contribution is 7.16.